The smallest absolute Gasteiger partial charge is 0.0495 e. The summed E-state index contributed by atoms with van der Waals surface area (Å²) in [4.78, 5) is 2.42. The Bertz CT molecular complexity index is 406. The molecule has 1 heterocycles. The number of anilines is 1. The maximum absolute atomic E-state index is 6.01. The average molecular weight is 290 g/mol. The minimum Gasteiger partial charge on any atom is -0.369 e. The lowest BCUT2D eigenvalue weighted by molar-refractivity contribution is 0.646. The number of hydrogen-bond acceptors (Lipinski definition) is 2. The number of hydrogen-bond donors (Lipinski definition) is 0. The molecular formula is C13H17Cl2NS. The summed E-state index contributed by atoms with van der Waals surface area (Å²) in [5.74, 6) is 1.68. The van der Waals surface area contributed by atoms with Gasteiger partial charge in [0.25, 0.3) is 0 Å². The van der Waals surface area contributed by atoms with Gasteiger partial charge in [-0.15, -0.1) is 11.6 Å². The van der Waals surface area contributed by atoms with Gasteiger partial charge in [-0.05, 0) is 37.6 Å². The maximum Gasteiger partial charge on any atom is 0.0495 e. The zero-order chi connectivity index (χ0) is 12.5. The third kappa shape index (κ3) is 3.24. The van der Waals surface area contributed by atoms with E-state index in [1.165, 1.54) is 5.69 Å². The minimum atomic E-state index is 0.307. The Hall–Kier alpha value is -0.0500. The number of benzene rings is 1. The molecule has 4 heteroatoms. The van der Waals surface area contributed by atoms with Gasteiger partial charge in [-0.3, -0.25) is 0 Å². The molecule has 2 rings (SSSR count). The molecule has 0 amide bonds. The Morgan fingerprint density at radius 3 is 2.82 bits per heavy atom. The Morgan fingerprint density at radius 1 is 1.41 bits per heavy atom. The molecule has 0 aromatic heterocycles. The van der Waals surface area contributed by atoms with Gasteiger partial charge in [0.05, 0.1) is 0 Å². The van der Waals surface area contributed by atoms with Crippen molar-refractivity contribution in [3.8, 4) is 0 Å². The predicted molar refractivity (Wildman–Crippen MR) is 79.8 cm³/mol. The quantitative estimate of drug-likeness (QED) is 0.742. The van der Waals surface area contributed by atoms with E-state index in [0.29, 0.717) is 10.6 Å². The molecule has 94 valence electrons. The molecule has 0 spiro atoms. The van der Waals surface area contributed by atoms with Crippen LogP contribution in [0.15, 0.2) is 18.2 Å². The van der Waals surface area contributed by atoms with E-state index in [-0.39, 0.29) is 0 Å². The molecule has 0 unspecified atom stereocenters. The van der Waals surface area contributed by atoms with E-state index in [4.69, 9.17) is 23.2 Å². The van der Waals surface area contributed by atoms with Crippen LogP contribution in [0.1, 0.15) is 19.4 Å². The zero-order valence-electron chi connectivity index (χ0n) is 10.2. The monoisotopic (exact) mass is 289 g/mol. The number of halogens is 2. The summed E-state index contributed by atoms with van der Waals surface area (Å²) in [6, 6.07) is 6.01. The van der Waals surface area contributed by atoms with Gasteiger partial charge < -0.3 is 4.90 Å². The molecule has 1 aromatic carbocycles. The highest BCUT2D eigenvalue weighted by Crippen LogP contribution is 2.34. The van der Waals surface area contributed by atoms with Crippen LogP contribution in [0.2, 0.25) is 5.02 Å². The predicted octanol–water partition coefficient (Wildman–Crippen LogP) is 4.41. The summed E-state index contributed by atoms with van der Waals surface area (Å²) in [6.45, 7) is 6.73. The standard InChI is InChI=1S/C13H17Cl2NS/c1-13(2)9-16(5-6-17-13)12-4-3-11(15)7-10(12)8-14/h3-4,7H,5-6,8-9H2,1-2H3. The van der Waals surface area contributed by atoms with Crippen LogP contribution in [0, 0.1) is 0 Å². The van der Waals surface area contributed by atoms with Crippen molar-refractivity contribution in [3.05, 3.63) is 28.8 Å². The van der Waals surface area contributed by atoms with Gasteiger partial charge in [0, 0.05) is 40.2 Å². The van der Waals surface area contributed by atoms with Crippen LogP contribution >= 0.6 is 35.0 Å². The summed E-state index contributed by atoms with van der Waals surface area (Å²) >= 11 is 14.0. The van der Waals surface area contributed by atoms with Crippen LogP contribution in [-0.2, 0) is 5.88 Å². The van der Waals surface area contributed by atoms with Crippen molar-refractivity contribution in [1.29, 1.82) is 0 Å². The van der Waals surface area contributed by atoms with E-state index in [9.17, 15) is 0 Å². The fourth-order valence-corrected chi connectivity index (χ4v) is 3.71. The fourth-order valence-electron chi connectivity index (χ4n) is 2.19. The number of thioether (sulfide) groups is 1. The van der Waals surface area contributed by atoms with Crippen LogP contribution < -0.4 is 4.90 Å². The van der Waals surface area contributed by atoms with E-state index in [1.54, 1.807) is 0 Å². The first-order valence-electron chi connectivity index (χ1n) is 5.75. The average Bonchev–Trinajstić information content (AvgIpc) is 2.27. The summed E-state index contributed by atoms with van der Waals surface area (Å²) < 4.78 is 0.307. The summed E-state index contributed by atoms with van der Waals surface area (Å²) in [5, 5.41) is 0.759. The molecule has 0 radical (unpaired) electrons. The molecule has 1 aliphatic heterocycles. The molecule has 0 bridgehead atoms. The number of rotatable bonds is 2. The lowest BCUT2D eigenvalue weighted by atomic mass is 10.1. The Kier molecular flexibility index (Phi) is 4.17. The molecule has 1 aliphatic rings. The topological polar surface area (TPSA) is 3.24 Å². The highest BCUT2D eigenvalue weighted by molar-refractivity contribution is 8.00. The van der Waals surface area contributed by atoms with Gasteiger partial charge in [0.1, 0.15) is 0 Å². The highest BCUT2D eigenvalue weighted by atomic mass is 35.5. The Balaban J connectivity index is 2.27. The second-order valence-electron chi connectivity index (χ2n) is 4.94. The third-order valence-corrected chi connectivity index (χ3v) is 4.77. The van der Waals surface area contributed by atoms with Crippen LogP contribution in [-0.4, -0.2) is 23.6 Å². The number of nitrogens with zero attached hydrogens (tertiary/aromatic N) is 1. The van der Waals surface area contributed by atoms with Crippen molar-refractivity contribution in [3.63, 3.8) is 0 Å². The van der Waals surface area contributed by atoms with E-state index < -0.39 is 0 Å². The van der Waals surface area contributed by atoms with Crippen LogP contribution in [0.25, 0.3) is 0 Å². The van der Waals surface area contributed by atoms with Gasteiger partial charge in [-0.1, -0.05) is 11.6 Å². The van der Waals surface area contributed by atoms with Crippen LogP contribution in [0.3, 0.4) is 0 Å². The lowest BCUT2D eigenvalue weighted by Crippen LogP contribution is -2.43. The minimum absolute atomic E-state index is 0.307. The second-order valence-corrected chi connectivity index (χ2v) is 7.44. The first-order valence-corrected chi connectivity index (χ1v) is 7.65. The zero-order valence-corrected chi connectivity index (χ0v) is 12.5. The molecule has 0 saturated carbocycles. The largest absolute Gasteiger partial charge is 0.369 e. The highest BCUT2D eigenvalue weighted by Gasteiger charge is 2.27. The van der Waals surface area contributed by atoms with Crippen molar-refractivity contribution in [2.45, 2.75) is 24.5 Å². The van der Waals surface area contributed by atoms with Gasteiger partial charge in [0.15, 0.2) is 0 Å². The summed E-state index contributed by atoms with van der Waals surface area (Å²) in [5.41, 5.74) is 2.36. The fraction of sp³-hybridized carbons (Fsp3) is 0.538. The van der Waals surface area contributed by atoms with E-state index >= 15 is 0 Å². The first kappa shape index (κ1) is 13.4. The van der Waals surface area contributed by atoms with Crippen LogP contribution in [0.4, 0.5) is 5.69 Å². The molecule has 0 N–H and O–H groups in total. The summed E-state index contributed by atoms with van der Waals surface area (Å²) in [6.07, 6.45) is 0. The normalized spacial score (nSPS) is 19.4. The molecule has 1 aromatic rings. The van der Waals surface area contributed by atoms with Crippen molar-refractivity contribution in [2.75, 3.05) is 23.7 Å². The van der Waals surface area contributed by atoms with E-state index in [0.717, 1.165) is 29.4 Å². The first-order chi connectivity index (χ1) is 8.02. The molecule has 1 saturated heterocycles. The van der Waals surface area contributed by atoms with Gasteiger partial charge in [0.2, 0.25) is 0 Å². The van der Waals surface area contributed by atoms with Gasteiger partial charge >= 0.3 is 0 Å². The van der Waals surface area contributed by atoms with E-state index in [1.807, 2.05) is 23.9 Å². The molecule has 1 fully saturated rings. The SMILES string of the molecule is CC1(C)CN(c2ccc(Cl)cc2CCl)CCS1. The summed E-state index contributed by atoms with van der Waals surface area (Å²) in [7, 11) is 0. The Morgan fingerprint density at radius 2 is 2.18 bits per heavy atom. The van der Waals surface area contributed by atoms with Gasteiger partial charge in [-0.2, -0.15) is 11.8 Å². The lowest BCUT2D eigenvalue weighted by Gasteiger charge is -2.39. The van der Waals surface area contributed by atoms with Crippen molar-refractivity contribution >= 4 is 40.7 Å². The molecule has 0 aliphatic carbocycles. The van der Waals surface area contributed by atoms with Crippen molar-refractivity contribution in [2.24, 2.45) is 0 Å². The molecule has 1 nitrogen and oxygen atoms in total. The van der Waals surface area contributed by atoms with Crippen LogP contribution in [0.5, 0.6) is 0 Å². The maximum atomic E-state index is 6.01. The van der Waals surface area contributed by atoms with Crippen molar-refractivity contribution in [1.82, 2.24) is 0 Å². The molecule has 17 heavy (non-hydrogen) atoms. The second kappa shape index (κ2) is 5.29. The third-order valence-electron chi connectivity index (χ3n) is 2.95. The van der Waals surface area contributed by atoms with Crippen molar-refractivity contribution < 1.29 is 0 Å². The molecular weight excluding hydrogens is 273 g/mol. The molecule has 0 atom stereocenters. The van der Waals surface area contributed by atoms with Gasteiger partial charge in [-0.25, -0.2) is 0 Å². The Labute approximate surface area is 117 Å². The van der Waals surface area contributed by atoms with E-state index in [2.05, 4.69) is 24.8 Å². The number of alkyl halides is 1.